The van der Waals surface area contributed by atoms with Crippen LogP contribution in [0.3, 0.4) is 0 Å². The summed E-state index contributed by atoms with van der Waals surface area (Å²) in [7, 11) is 0. The fraction of sp³-hybridized carbons (Fsp3) is 0.846. The summed E-state index contributed by atoms with van der Waals surface area (Å²) in [4.78, 5) is 0. The summed E-state index contributed by atoms with van der Waals surface area (Å²) in [5.74, 6) is 2.46. The lowest BCUT2D eigenvalue weighted by atomic mass is 9.91. The Bertz CT molecular complexity index is 245. The molecule has 2 aliphatic rings. The van der Waals surface area contributed by atoms with Crippen molar-refractivity contribution >= 4 is 0 Å². The van der Waals surface area contributed by atoms with E-state index in [9.17, 15) is 5.11 Å². The molecule has 2 N–H and O–H groups in total. The number of nitrogens with one attached hydrogen (secondary N) is 1. The zero-order chi connectivity index (χ0) is 10.9. The summed E-state index contributed by atoms with van der Waals surface area (Å²) in [6.45, 7) is 5.54. The summed E-state index contributed by atoms with van der Waals surface area (Å²) in [6, 6.07) is 0. The maximum absolute atomic E-state index is 9.31. The molecule has 0 saturated heterocycles. The lowest BCUT2D eigenvalue weighted by molar-refractivity contribution is 0.162. The molecule has 2 bridgehead atoms. The van der Waals surface area contributed by atoms with E-state index >= 15 is 0 Å². The Labute approximate surface area is 92.8 Å². The average Bonchev–Trinajstić information content (AvgIpc) is 2.87. The van der Waals surface area contributed by atoms with Crippen LogP contribution in [0, 0.1) is 17.8 Å². The molecule has 2 aliphatic carbocycles. The molecule has 15 heavy (non-hydrogen) atoms. The highest BCUT2D eigenvalue weighted by Crippen LogP contribution is 2.43. The van der Waals surface area contributed by atoms with Gasteiger partial charge in [-0.05, 0) is 50.5 Å². The Morgan fingerprint density at radius 2 is 2.20 bits per heavy atom. The molecule has 2 rings (SSSR count). The van der Waals surface area contributed by atoms with E-state index in [2.05, 4.69) is 31.3 Å². The van der Waals surface area contributed by atoms with Crippen LogP contribution in [0.1, 0.15) is 33.1 Å². The van der Waals surface area contributed by atoms with E-state index < -0.39 is 0 Å². The minimum Gasteiger partial charge on any atom is -0.394 e. The van der Waals surface area contributed by atoms with Gasteiger partial charge in [-0.3, -0.25) is 0 Å². The van der Waals surface area contributed by atoms with Gasteiger partial charge in [0.05, 0.1) is 6.61 Å². The Morgan fingerprint density at radius 3 is 2.67 bits per heavy atom. The second-order valence-electron chi connectivity index (χ2n) is 5.49. The largest absolute Gasteiger partial charge is 0.394 e. The van der Waals surface area contributed by atoms with Crippen molar-refractivity contribution in [3.63, 3.8) is 0 Å². The van der Waals surface area contributed by atoms with Crippen molar-refractivity contribution < 1.29 is 5.11 Å². The minimum atomic E-state index is -0.0778. The Morgan fingerprint density at radius 1 is 1.40 bits per heavy atom. The van der Waals surface area contributed by atoms with Crippen LogP contribution in [0.15, 0.2) is 12.2 Å². The molecule has 0 spiro atoms. The van der Waals surface area contributed by atoms with Crippen LogP contribution in [0.25, 0.3) is 0 Å². The molecule has 4 atom stereocenters. The van der Waals surface area contributed by atoms with Gasteiger partial charge in [0.2, 0.25) is 0 Å². The lowest BCUT2D eigenvalue weighted by Crippen LogP contribution is -2.47. The molecule has 1 saturated carbocycles. The van der Waals surface area contributed by atoms with Crippen molar-refractivity contribution in [1.29, 1.82) is 0 Å². The van der Waals surface area contributed by atoms with Crippen LogP contribution in [0.4, 0.5) is 0 Å². The lowest BCUT2D eigenvalue weighted by Gasteiger charge is -2.30. The molecule has 0 radical (unpaired) electrons. The predicted octanol–water partition coefficient (Wildman–Crippen LogP) is 1.95. The molecule has 2 heteroatoms. The van der Waals surface area contributed by atoms with Crippen molar-refractivity contribution in [3.05, 3.63) is 12.2 Å². The van der Waals surface area contributed by atoms with Gasteiger partial charge in [0.15, 0.2) is 0 Å². The molecule has 1 fully saturated rings. The van der Waals surface area contributed by atoms with Gasteiger partial charge in [-0.15, -0.1) is 0 Å². The summed E-state index contributed by atoms with van der Waals surface area (Å²) >= 11 is 0. The SMILES string of the molecule is CCC(C)(CO)NCC1CC2C=CC1C2. The van der Waals surface area contributed by atoms with Crippen LogP contribution in [-0.2, 0) is 0 Å². The third-order valence-corrected chi connectivity index (χ3v) is 4.34. The standard InChI is InChI=1S/C13H23NO/c1-3-13(2,9-15)14-8-12-7-10-4-5-11(12)6-10/h4-5,10-12,14-15H,3,6-9H2,1-2H3. The van der Waals surface area contributed by atoms with Crippen molar-refractivity contribution in [2.75, 3.05) is 13.2 Å². The molecular weight excluding hydrogens is 186 g/mol. The van der Waals surface area contributed by atoms with Gasteiger partial charge >= 0.3 is 0 Å². The van der Waals surface area contributed by atoms with Gasteiger partial charge < -0.3 is 10.4 Å². The zero-order valence-electron chi connectivity index (χ0n) is 9.87. The fourth-order valence-electron chi connectivity index (χ4n) is 2.80. The molecule has 0 amide bonds. The first-order valence-corrected chi connectivity index (χ1v) is 6.21. The quantitative estimate of drug-likeness (QED) is 0.678. The highest BCUT2D eigenvalue weighted by Gasteiger charge is 2.36. The molecule has 0 aromatic carbocycles. The number of aliphatic hydroxyl groups is 1. The number of allylic oxidation sites excluding steroid dienone is 2. The first-order chi connectivity index (χ1) is 7.17. The molecule has 0 aliphatic heterocycles. The van der Waals surface area contributed by atoms with Gasteiger partial charge in [-0.1, -0.05) is 19.1 Å². The minimum absolute atomic E-state index is 0.0778. The van der Waals surface area contributed by atoms with Crippen molar-refractivity contribution in [1.82, 2.24) is 5.32 Å². The van der Waals surface area contributed by atoms with Crippen LogP contribution >= 0.6 is 0 Å². The molecule has 2 nitrogen and oxygen atoms in total. The number of rotatable bonds is 5. The normalized spacial score (nSPS) is 37.1. The highest BCUT2D eigenvalue weighted by molar-refractivity contribution is 5.10. The Hall–Kier alpha value is -0.340. The van der Waals surface area contributed by atoms with E-state index in [-0.39, 0.29) is 12.1 Å². The molecule has 86 valence electrons. The molecule has 4 unspecified atom stereocenters. The van der Waals surface area contributed by atoms with E-state index in [4.69, 9.17) is 0 Å². The Kier molecular flexibility index (Phi) is 3.17. The van der Waals surface area contributed by atoms with Gasteiger partial charge in [0.1, 0.15) is 0 Å². The van der Waals surface area contributed by atoms with Crippen molar-refractivity contribution in [2.45, 2.75) is 38.6 Å². The molecule has 0 heterocycles. The van der Waals surface area contributed by atoms with Gasteiger partial charge in [0, 0.05) is 5.54 Å². The summed E-state index contributed by atoms with van der Waals surface area (Å²) in [5.41, 5.74) is -0.0778. The third kappa shape index (κ3) is 2.26. The van der Waals surface area contributed by atoms with Gasteiger partial charge in [-0.25, -0.2) is 0 Å². The zero-order valence-corrected chi connectivity index (χ0v) is 9.87. The van der Waals surface area contributed by atoms with E-state index in [1.165, 1.54) is 12.8 Å². The maximum atomic E-state index is 9.31. The van der Waals surface area contributed by atoms with Crippen molar-refractivity contribution in [2.24, 2.45) is 17.8 Å². The highest BCUT2D eigenvalue weighted by atomic mass is 16.3. The fourth-order valence-corrected chi connectivity index (χ4v) is 2.80. The third-order valence-electron chi connectivity index (χ3n) is 4.34. The molecule has 0 aromatic rings. The monoisotopic (exact) mass is 209 g/mol. The van der Waals surface area contributed by atoms with Crippen molar-refractivity contribution in [3.8, 4) is 0 Å². The van der Waals surface area contributed by atoms with Crippen LogP contribution in [-0.4, -0.2) is 23.8 Å². The topological polar surface area (TPSA) is 32.3 Å². The van der Waals surface area contributed by atoms with E-state index in [0.717, 1.165) is 30.7 Å². The van der Waals surface area contributed by atoms with Gasteiger partial charge in [0.25, 0.3) is 0 Å². The van der Waals surface area contributed by atoms with Crippen LogP contribution in [0.2, 0.25) is 0 Å². The van der Waals surface area contributed by atoms with Crippen LogP contribution in [0.5, 0.6) is 0 Å². The summed E-state index contributed by atoms with van der Waals surface area (Å²) in [6.07, 6.45) is 8.48. The second-order valence-corrected chi connectivity index (χ2v) is 5.49. The summed E-state index contributed by atoms with van der Waals surface area (Å²) < 4.78 is 0. The first kappa shape index (κ1) is 11.2. The predicted molar refractivity (Wildman–Crippen MR) is 62.6 cm³/mol. The second kappa shape index (κ2) is 4.26. The average molecular weight is 209 g/mol. The number of hydrogen-bond acceptors (Lipinski definition) is 2. The molecule has 0 aromatic heterocycles. The smallest absolute Gasteiger partial charge is 0.0610 e. The first-order valence-electron chi connectivity index (χ1n) is 6.21. The number of hydrogen-bond donors (Lipinski definition) is 2. The molecular formula is C13H23NO. The van der Waals surface area contributed by atoms with Gasteiger partial charge in [-0.2, -0.15) is 0 Å². The van der Waals surface area contributed by atoms with E-state index in [0.29, 0.717) is 0 Å². The summed E-state index contributed by atoms with van der Waals surface area (Å²) in [5, 5.41) is 12.9. The van der Waals surface area contributed by atoms with Crippen LogP contribution < -0.4 is 5.32 Å². The van der Waals surface area contributed by atoms with E-state index in [1.807, 2.05) is 0 Å². The number of fused-ring (bicyclic) bond motifs is 2. The maximum Gasteiger partial charge on any atom is 0.0610 e. The van der Waals surface area contributed by atoms with E-state index in [1.54, 1.807) is 0 Å². The Balaban J connectivity index is 1.81. The number of aliphatic hydroxyl groups excluding tert-OH is 1.